The highest BCUT2D eigenvalue weighted by Gasteiger charge is 2.19. The number of hydrogen-bond acceptors (Lipinski definition) is 3. The summed E-state index contributed by atoms with van der Waals surface area (Å²) in [5.41, 5.74) is 4.03. The van der Waals surface area contributed by atoms with Crippen LogP contribution >= 0.6 is 0 Å². The third-order valence-electron chi connectivity index (χ3n) is 4.48. The maximum Gasteiger partial charge on any atom is 0.136 e. The average molecular weight is 289 g/mol. The first-order valence-electron chi connectivity index (χ1n) is 7.74. The molecule has 3 aromatic rings. The van der Waals surface area contributed by atoms with Gasteiger partial charge in [-0.3, -0.25) is 0 Å². The summed E-state index contributed by atoms with van der Waals surface area (Å²) in [6, 6.07) is 17.2. The highest BCUT2D eigenvalue weighted by molar-refractivity contribution is 6.00. The van der Waals surface area contributed by atoms with E-state index in [1.807, 2.05) is 13.2 Å². The van der Waals surface area contributed by atoms with E-state index in [0.29, 0.717) is 0 Å². The van der Waals surface area contributed by atoms with Crippen LogP contribution in [0.5, 0.6) is 0 Å². The Bertz CT molecular complexity index is 826. The Morgan fingerprint density at radius 3 is 2.68 bits per heavy atom. The molecule has 4 rings (SSSR count). The lowest BCUT2D eigenvalue weighted by Gasteiger charge is -2.30. The fraction of sp³-hybridized carbons (Fsp3) is 0.211. The van der Waals surface area contributed by atoms with Gasteiger partial charge in [0.15, 0.2) is 0 Å². The Morgan fingerprint density at radius 1 is 0.955 bits per heavy atom. The molecule has 22 heavy (non-hydrogen) atoms. The van der Waals surface area contributed by atoms with Crippen molar-refractivity contribution in [1.29, 1.82) is 0 Å². The quantitative estimate of drug-likeness (QED) is 0.777. The molecular formula is C19H19N3. The first-order chi connectivity index (χ1) is 10.9. The Balaban J connectivity index is 1.79. The molecule has 0 bridgehead atoms. The molecule has 0 spiro atoms. The van der Waals surface area contributed by atoms with Gasteiger partial charge in [-0.25, -0.2) is 4.98 Å². The number of benzene rings is 2. The first kappa shape index (κ1) is 13.1. The number of rotatable bonds is 2. The number of fused-ring (bicyclic) bond motifs is 2. The van der Waals surface area contributed by atoms with Crippen LogP contribution in [0, 0.1) is 0 Å². The van der Waals surface area contributed by atoms with Crippen LogP contribution < -0.4 is 10.2 Å². The largest absolute Gasteiger partial charge is 0.388 e. The molecule has 0 unspecified atom stereocenters. The molecule has 1 aliphatic rings. The summed E-state index contributed by atoms with van der Waals surface area (Å²) < 4.78 is 0. The number of anilines is 2. The van der Waals surface area contributed by atoms with E-state index in [1.54, 1.807) is 0 Å². The summed E-state index contributed by atoms with van der Waals surface area (Å²) in [4.78, 5) is 7.07. The van der Waals surface area contributed by atoms with Gasteiger partial charge in [0.2, 0.25) is 0 Å². The van der Waals surface area contributed by atoms with Crippen LogP contribution in [-0.4, -0.2) is 18.6 Å². The summed E-state index contributed by atoms with van der Waals surface area (Å²) in [5.74, 6) is 1.09. The van der Waals surface area contributed by atoms with E-state index in [-0.39, 0.29) is 0 Å². The van der Waals surface area contributed by atoms with Gasteiger partial charge >= 0.3 is 0 Å². The maximum atomic E-state index is 4.68. The first-order valence-corrected chi connectivity index (χ1v) is 7.74. The molecule has 1 aliphatic heterocycles. The fourth-order valence-corrected chi connectivity index (χ4v) is 3.34. The molecule has 2 heterocycles. The van der Waals surface area contributed by atoms with E-state index in [2.05, 4.69) is 63.7 Å². The summed E-state index contributed by atoms with van der Waals surface area (Å²) in [7, 11) is 1.96. The molecule has 0 saturated heterocycles. The van der Waals surface area contributed by atoms with E-state index in [0.717, 1.165) is 31.0 Å². The van der Waals surface area contributed by atoms with Gasteiger partial charge in [0.1, 0.15) is 5.82 Å². The molecule has 0 amide bonds. The Labute approximate surface area is 130 Å². The molecule has 2 aromatic carbocycles. The van der Waals surface area contributed by atoms with Gasteiger partial charge in [-0.05, 0) is 29.7 Å². The van der Waals surface area contributed by atoms with Gasteiger partial charge in [-0.2, -0.15) is 0 Å². The van der Waals surface area contributed by atoms with Crippen molar-refractivity contribution in [3.8, 4) is 0 Å². The average Bonchev–Trinajstić information content (AvgIpc) is 2.60. The lowest BCUT2D eigenvalue weighted by Crippen LogP contribution is -2.31. The molecule has 0 atom stereocenters. The van der Waals surface area contributed by atoms with Gasteiger partial charge in [0, 0.05) is 42.8 Å². The van der Waals surface area contributed by atoms with Crippen LogP contribution in [-0.2, 0) is 13.0 Å². The zero-order valence-corrected chi connectivity index (χ0v) is 12.7. The fourth-order valence-electron chi connectivity index (χ4n) is 3.34. The van der Waals surface area contributed by atoms with Crippen molar-refractivity contribution in [2.45, 2.75) is 13.0 Å². The molecule has 0 aliphatic carbocycles. The third-order valence-corrected chi connectivity index (χ3v) is 4.48. The Kier molecular flexibility index (Phi) is 3.19. The number of pyridine rings is 1. The molecule has 0 radical (unpaired) electrons. The van der Waals surface area contributed by atoms with E-state index >= 15 is 0 Å². The Morgan fingerprint density at radius 2 is 1.82 bits per heavy atom. The lowest BCUT2D eigenvalue weighted by molar-refractivity contribution is 0.724. The lowest BCUT2D eigenvalue weighted by atomic mass is 9.99. The highest BCUT2D eigenvalue weighted by Crippen LogP contribution is 2.32. The molecule has 1 aromatic heterocycles. The predicted molar refractivity (Wildman–Crippen MR) is 92.5 cm³/mol. The third kappa shape index (κ3) is 2.10. The molecule has 1 N–H and O–H groups in total. The summed E-state index contributed by atoms with van der Waals surface area (Å²) in [6.07, 6.45) is 3.00. The van der Waals surface area contributed by atoms with E-state index in [1.165, 1.54) is 21.9 Å². The van der Waals surface area contributed by atoms with Crippen LogP contribution in [0.3, 0.4) is 0 Å². The van der Waals surface area contributed by atoms with Crippen LogP contribution in [0.1, 0.15) is 11.1 Å². The summed E-state index contributed by atoms with van der Waals surface area (Å²) in [5, 5.41) is 5.72. The molecule has 3 heteroatoms. The van der Waals surface area contributed by atoms with Crippen molar-refractivity contribution >= 4 is 22.3 Å². The molecular weight excluding hydrogens is 270 g/mol. The van der Waals surface area contributed by atoms with Crippen LogP contribution in [0.25, 0.3) is 10.8 Å². The molecule has 0 fully saturated rings. The highest BCUT2D eigenvalue weighted by atomic mass is 15.2. The normalized spacial score (nSPS) is 14.0. The van der Waals surface area contributed by atoms with Crippen molar-refractivity contribution in [3.63, 3.8) is 0 Å². The number of nitrogens with one attached hydrogen (secondary N) is 1. The van der Waals surface area contributed by atoms with Crippen molar-refractivity contribution in [2.75, 3.05) is 23.8 Å². The van der Waals surface area contributed by atoms with Crippen molar-refractivity contribution < 1.29 is 0 Å². The second-order valence-corrected chi connectivity index (χ2v) is 5.73. The van der Waals surface area contributed by atoms with Gasteiger partial charge < -0.3 is 10.2 Å². The second-order valence-electron chi connectivity index (χ2n) is 5.73. The molecule has 0 saturated carbocycles. The van der Waals surface area contributed by atoms with E-state index in [4.69, 9.17) is 0 Å². The van der Waals surface area contributed by atoms with Crippen LogP contribution in [0.2, 0.25) is 0 Å². The SMILES string of the molecule is CNc1cccc2c(N3CCc4ccccc4C3)nccc12. The standard InChI is InChI=1S/C19H19N3/c1-20-18-8-4-7-17-16(18)9-11-21-19(17)22-12-10-14-5-2-3-6-15(14)13-22/h2-9,11,20H,10,12-13H2,1H3. The topological polar surface area (TPSA) is 28.2 Å². The summed E-state index contributed by atoms with van der Waals surface area (Å²) in [6.45, 7) is 1.96. The summed E-state index contributed by atoms with van der Waals surface area (Å²) >= 11 is 0. The minimum Gasteiger partial charge on any atom is -0.388 e. The zero-order chi connectivity index (χ0) is 14.9. The monoisotopic (exact) mass is 289 g/mol. The number of aromatic nitrogens is 1. The van der Waals surface area contributed by atoms with Crippen LogP contribution in [0.4, 0.5) is 11.5 Å². The van der Waals surface area contributed by atoms with Gasteiger partial charge in [0.05, 0.1) is 0 Å². The van der Waals surface area contributed by atoms with E-state index < -0.39 is 0 Å². The van der Waals surface area contributed by atoms with Crippen molar-refractivity contribution in [2.24, 2.45) is 0 Å². The number of nitrogens with zero attached hydrogens (tertiary/aromatic N) is 2. The smallest absolute Gasteiger partial charge is 0.136 e. The van der Waals surface area contributed by atoms with Gasteiger partial charge in [-0.15, -0.1) is 0 Å². The minimum absolute atomic E-state index is 0.937. The van der Waals surface area contributed by atoms with Crippen molar-refractivity contribution in [3.05, 3.63) is 65.9 Å². The second kappa shape index (κ2) is 5.34. The predicted octanol–water partition coefficient (Wildman–Crippen LogP) is 3.84. The van der Waals surface area contributed by atoms with Crippen molar-refractivity contribution in [1.82, 2.24) is 4.98 Å². The maximum absolute atomic E-state index is 4.68. The van der Waals surface area contributed by atoms with Gasteiger partial charge in [0.25, 0.3) is 0 Å². The minimum atomic E-state index is 0.937. The zero-order valence-electron chi connectivity index (χ0n) is 12.7. The van der Waals surface area contributed by atoms with Gasteiger partial charge in [-0.1, -0.05) is 36.4 Å². The van der Waals surface area contributed by atoms with Crippen LogP contribution in [0.15, 0.2) is 54.7 Å². The van der Waals surface area contributed by atoms with E-state index in [9.17, 15) is 0 Å². The molecule has 110 valence electrons. The Hall–Kier alpha value is -2.55. The number of hydrogen-bond donors (Lipinski definition) is 1. The molecule has 3 nitrogen and oxygen atoms in total.